The molecule has 4 nitrogen and oxygen atoms in total. The van der Waals surface area contributed by atoms with E-state index in [1.807, 2.05) is 41.5 Å². The van der Waals surface area contributed by atoms with Gasteiger partial charge in [-0.25, -0.2) is 9.78 Å². The van der Waals surface area contributed by atoms with Gasteiger partial charge in [0.25, 0.3) is 0 Å². The van der Waals surface area contributed by atoms with Gasteiger partial charge in [-0.1, -0.05) is 34.1 Å². The van der Waals surface area contributed by atoms with Gasteiger partial charge in [0.1, 0.15) is 5.60 Å². The van der Waals surface area contributed by atoms with Crippen LogP contribution in [0.15, 0.2) is 0 Å². The van der Waals surface area contributed by atoms with Crippen LogP contribution in [-0.2, 0) is 19.6 Å². The molecule has 0 aliphatic rings. The molecular weight excluding hydrogens is 280 g/mol. The number of rotatable bonds is 10. The predicted octanol–water partition coefficient (Wildman–Crippen LogP) is 5.17. The summed E-state index contributed by atoms with van der Waals surface area (Å²) in [6, 6.07) is 0. The van der Waals surface area contributed by atoms with E-state index in [-0.39, 0.29) is 11.2 Å². The zero-order valence-electron chi connectivity index (χ0n) is 15.7. The molecule has 1 unspecified atom stereocenters. The minimum Gasteiger partial charge on any atom is -0.282 e. The zero-order valence-corrected chi connectivity index (χ0v) is 15.7. The Bertz CT molecular complexity index is 365. The molecule has 0 heterocycles. The standard InChI is InChI=1S/C18H34O4/c1-9-13-18(12-4,22-21-17(7,8)11-3)14-15-19-20-16(5,6)10-2/h9-13H2,1-8H3. The smallest absolute Gasteiger partial charge is 0.167 e. The van der Waals surface area contributed by atoms with Crippen molar-refractivity contribution < 1.29 is 19.6 Å². The molecule has 0 rings (SSSR count). The van der Waals surface area contributed by atoms with Crippen LogP contribution < -0.4 is 0 Å². The van der Waals surface area contributed by atoms with Gasteiger partial charge < -0.3 is 0 Å². The zero-order chi connectivity index (χ0) is 17.3. The lowest BCUT2D eigenvalue weighted by molar-refractivity contribution is -0.397. The summed E-state index contributed by atoms with van der Waals surface area (Å²) in [5.41, 5.74) is -1.35. The molecule has 130 valence electrons. The van der Waals surface area contributed by atoms with E-state index in [0.29, 0.717) is 6.42 Å². The first-order chi connectivity index (χ1) is 10.2. The van der Waals surface area contributed by atoms with E-state index in [9.17, 15) is 0 Å². The van der Waals surface area contributed by atoms with Gasteiger partial charge in [-0.2, -0.15) is 4.89 Å². The quantitative estimate of drug-likeness (QED) is 0.317. The van der Waals surface area contributed by atoms with Gasteiger partial charge in [-0.05, 0) is 59.3 Å². The molecule has 0 N–H and O–H groups in total. The van der Waals surface area contributed by atoms with Crippen LogP contribution in [0.2, 0.25) is 0 Å². The lowest BCUT2D eigenvalue weighted by Crippen LogP contribution is -2.35. The molecule has 0 saturated heterocycles. The largest absolute Gasteiger partial charge is 0.282 e. The summed E-state index contributed by atoms with van der Waals surface area (Å²) < 4.78 is 0. The molecule has 22 heavy (non-hydrogen) atoms. The van der Waals surface area contributed by atoms with Crippen LogP contribution >= 0.6 is 0 Å². The second-order valence-electron chi connectivity index (χ2n) is 6.88. The van der Waals surface area contributed by atoms with Gasteiger partial charge in [0.2, 0.25) is 0 Å². The van der Waals surface area contributed by atoms with Crippen molar-refractivity contribution >= 4 is 0 Å². The van der Waals surface area contributed by atoms with Crippen molar-refractivity contribution in [3.05, 3.63) is 0 Å². The Morgan fingerprint density at radius 2 is 1.27 bits per heavy atom. The Balaban J connectivity index is 4.82. The molecular formula is C18H34O4. The van der Waals surface area contributed by atoms with Crippen molar-refractivity contribution in [1.29, 1.82) is 0 Å². The third-order valence-corrected chi connectivity index (χ3v) is 3.94. The molecule has 0 aliphatic carbocycles. The molecule has 0 aliphatic heterocycles. The Kier molecular flexibility index (Phi) is 9.07. The molecule has 0 aromatic carbocycles. The highest BCUT2D eigenvalue weighted by atomic mass is 17.2. The molecule has 4 heteroatoms. The molecule has 0 aromatic rings. The first-order valence-electron chi connectivity index (χ1n) is 8.39. The van der Waals surface area contributed by atoms with Crippen molar-refractivity contribution in [3.63, 3.8) is 0 Å². The van der Waals surface area contributed by atoms with Gasteiger partial charge in [-0.15, -0.1) is 0 Å². The molecule has 0 amide bonds. The van der Waals surface area contributed by atoms with Crippen LogP contribution in [0.3, 0.4) is 0 Å². The van der Waals surface area contributed by atoms with Gasteiger partial charge in [0.15, 0.2) is 11.7 Å². The van der Waals surface area contributed by atoms with Crippen LogP contribution in [0.25, 0.3) is 0 Å². The third kappa shape index (κ3) is 8.03. The summed E-state index contributed by atoms with van der Waals surface area (Å²) in [6.07, 6.45) is 6.76. The Hall–Kier alpha value is -0.760. The summed E-state index contributed by atoms with van der Waals surface area (Å²) in [5, 5.41) is 0. The molecule has 0 fully saturated rings. The maximum Gasteiger partial charge on any atom is 0.167 e. The topological polar surface area (TPSA) is 36.9 Å². The van der Waals surface area contributed by atoms with E-state index in [4.69, 9.17) is 19.6 Å². The predicted molar refractivity (Wildman–Crippen MR) is 88.8 cm³/mol. The Labute approximate surface area is 136 Å². The summed E-state index contributed by atoms with van der Waals surface area (Å²) in [4.78, 5) is 21.7. The van der Waals surface area contributed by atoms with E-state index in [2.05, 4.69) is 25.9 Å². The van der Waals surface area contributed by atoms with Crippen LogP contribution in [0.1, 0.15) is 87.5 Å². The van der Waals surface area contributed by atoms with Gasteiger partial charge in [-0.3, -0.25) is 4.89 Å². The van der Waals surface area contributed by atoms with Crippen LogP contribution in [0.5, 0.6) is 0 Å². The summed E-state index contributed by atoms with van der Waals surface area (Å²) in [6.45, 7) is 16.1. The van der Waals surface area contributed by atoms with E-state index in [1.54, 1.807) is 0 Å². The molecule has 0 bridgehead atoms. The summed E-state index contributed by atoms with van der Waals surface area (Å²) in [5.74, 6) is 3.03. The highest BCUT2D eigenvalue weighted by molar-refractivity contribution is 5.10. The van der Waals surface area contributed by atoms with E-state index in [0.717, 1.165) is 25.7 Å². The average molecular weight is 314 g/mol. The van der Waals surface area contributed by atoms with Crippen LogP contribution in [0, 0.1) is 12.0 Å². The van der Waals surface area contributed by atoms with Crippen molar-refractivity contribution in [2.75, 3.05) is 0 Å². The second kappa shape index (κ2) is 9.39. The van der Waals surface area contributed by atoms with Crippen molar-refractivity contribution in [2.45, 2.75) is 104 Å². The lowest BCUT2D eigenvalue weighted by atomic mass is 9.96. The Morgan fingerprint density at radius 3 is 1.73 bits per heavy atom. The summed E-state index contributed by atoms with van der Waals surface area (Å²) in [7, 11) is 0. The van der Waals surface area contributed by atoms with Crippen molar-refractivity contribution in [3.8, 4) is 12.0 Å². The lowest BCUT2D eigenvalue weighted by Gasteiger charge is -2.30. The number of hydrogen-bond acceptors (Lipinski definition) is 4. The molecule has 0 saturated carbocycles. The van der Waals surface area contributed by atoms with Gasteiger partial charge in [0, 0.05) is 0 Å². The highest BCUT2D eigenvalue weighted by Crippen LogP contribution is 2.26. The Morgan fingerprint density at radius 1 is 0.727 bits per heavy atom. The van der Waals surface area contributed by atoms with E-state index < -0.39 is 5.60 Å². The first kappa shape index (κ1) is 21.2. The average Bonchev–Trinajstić information content (AvgIpc) is 2.49. The van der Waals surface area contributed by atoms with E-state index >= 15 is 0 Å². The third-order valence-electron chi connectivity index (χ3n) is 3.94. The molecule has 0 aromatic heterocycles. The minimum atomic E-state index is -0.666. The van der Waals surface area contributed by atoms with Crippen molar-refractivity contribution in [2.24, 2.45) is 0 Å². The van der Waals surface area contributed by atoms with Crippen LogP contribution in [0.4, 0.5) is 0 Å². The fourth-order valence-corrected chi connectivity index (χ4v) is 1.41. The van der Waals surface area contributed by atoms with Crippen LogP contribution in [-0.4, -0.2) is 16.8 Å². The van der Waals surface area contributed by atoms with Gasteiger partial charge in [0.05, 0.1) is 5.60 Å². The molecule has 1 atom stereocenters. The molecule has 0 radical (unpaired) electrons. The first-order valence-corrected chi connectivity index (χ1v) is 8.39. The number of hydrogen-bond donors (Lipinski definition) is 0. The second-order valence-corrected chi connectivity index (χ2v) is 6.88. The normalized spacial score (nSPS) is 14.9. The van der Waals surface area contributed by atoms with Crippen molar-refractivity contribution in [1.82, 2.24) is 0 Å². The monoisotopic (exact) mass is 314 g/mol. The van der Waals surface area contributed by atoms with Gasteiger partial charge >= 0.3 is 0 Å². The summed E-state index contributed by atoms with van der Waals surface area (Å²) >= 11 is 0. The van der Waals surface area contributed by atoms with E-state index in [1.165, 1.54) is 0 Å². The fraction of sp³-hybridized carbons (Fsp3) is 0.889. The maximum absolute atomic E-state index is 5.72. The maximum atomic E-state index is 5.72. The highest BCUT2D eigenvalue weighted by Gasteiger charge is 2.31. The fourth-order valence-electron chi connectivity index (χ4n) is 1.41. The minimum absolute atomic E-state index is 0.336. The molecule has 0 spiro atoms. The SMILES string of the molecule is CCCC(C#COOC(C)(C)CC)(CC)OOC(C)(C)CC.